The first-order valence-electron chi connectivity index (χ1n) is 6.87. The van der Waals surface area contributed by atoms with Crippen molar-refractivity contribution in [1.82, 2.24) is 0 Å². The average molecular weight is 276 g/mol. The molecule has 0 aromatic heterocycles. The Kier molecular flexibility index (Phi) is 4.46. The molecular formula is C15H23OSi2. The van der Waals surface area contributed by atoms with Gasteiger partial charge >= 0.3 is 0 Å². The Bertz CT molecular complexity index is 406. The van der Waals surface area contributed by atoms with E-state index in [-0.39, 0.29) is 0 Å². The molecule has 0 unspecified atom stereocenters. The highest BCUT2D eigenvalue weighted by Crippen LogP contribution is 2.21. The summed E-state index contributed by atoms with van der Waals surface area (Å²) < 4.78 is 6.47. The highest BCUT2D eigenvalue weighted by Gasteiger charge is 2.35. The Labute approximate surface area is 113 Å². The van der Waals surface area contributed by atoms with E-state index in [1.165, 1.54) is 30.2 Å². The van der Waals surface area contributed by atoms with Crippen molar-refractivity contribution in [2.24, 2.45) is 0 Å². The third-order valence-corrected chi connectivity index (χ3v) is 11.1. The summed E-state index contributed by atoms with van der Waals surface area (Å²) in [6.45, 7) is 7.28. The first kappa shape index (κ1) is 13.6. The Balaban J connectivity index is 2.19. The van der Waals surface area contributed by atoms with Crippen molar-refractivity contribution >= 4 is 21.3 Å². The maximum Gasteiger partial charge on any atom is 0.295 e. The first-order chi connectivity index (χ1) is 8.57. The second kappa shape index (κ2) is 5.89. The molecule has 3 heteroatoms. The van der Waals surface area contributed by atoms with Crippen LogP contribution in [0.25, 0.3) is 0 Å². The Hall–Kier alpha value is -0.806. The van der Waals surface area contributed by atoms with Crippen LogP contribution in [0.1, 0.15) is 25.7 Å². The van der Waals surface area contributed by atoms with Crippen molar-refractivity contribution in [2.45, 2.75) is 45.3 Å². The maximum atomic E-state index is 6.47. The Morgan fingerprint density at radius 2 is 1.78 bits per heavy atom. The van der Waals surface area contributed by atoms with Crippen LogP contribution < -0.4 is 5.19 Å². The second-order valence-electron chi connectivity index (χ2n) is 5.96. The summed E-state index contributed by atoms with van der Waals surface area (Å²) in [5.41, 5.74) is 0. The smallest absolute Gasteiger partial charge is 0.295 e. The zero-order chi connectivity index (χ0) is 13.0. The van der Waals surface area contributed by atoms with Gasteiger partial charge in [-0.25, -0.2) is 0 Å². The molecule has 1 radical (unpaired) electrons. The molecule has 0 saturated heterocycles. The van der Waals surface area contributed by atoms with E-state index >= 15 is 0 Å². The van der Waals surface area contributed by atoms with E-state index < -0.39 is 16.1 Å². The molecule has 0 N–H and O–H groups in total. The molecule has 97 valence electrons. The highest BCUT2D eigenvalue weighted by atomic mass is 29.2. The van der Waals surface area contributed by atoms with Crippen LogP contribution in [0.5, 0.6) is 0 Å². The molecule has 0 atom stereocenters. The minimum Gasteiger partial charge on any atom is -0.544 e. The minimum atomic E-state index is -1.27. The van der Waals surface area contributed by atoms with E-state index in [0.29, 0.717) is 0 Å². The van der Waals surface area contributed by atoms with Crippen LogP contribution in [0.4, 0.5) is 0 Å². The van der Waals surface area contributed by atoms with E-state index in [0.717, 1.165) is 6.42 Å². The van der Waals surface area contributed by atoms with E-state index in [9.17, 15) is 0 Å². The molecule has 0 aliphatic heterocycles. The number of hydrogen-bond donors (Lipinski definition) is 0. The molecule has 1 aliphatic rings. The fourth-order valence-electron chi connectivity index (χ4n) is 2.27. The summed E-state index contributed by atoms with van der Waals surface area (Å²) in [6, 6.07) is 10.9. The van der Waals surface area contributed by atoms with Crippen LogP contribution in [0, 0.1) is 0 Å². The van der Waals surface area contributed by atoms with Crippen molar-refractivity contribution < 1.29 is 4.43 Å². The van der Waals surface area contributed by atoms with Gasteiger partial charge in [0.25, 0.3) is 8.56 Å². The summed E-state index contributed by atoms with van der Waals surface area (Å²) in [7, 11) is -2.14. The van der Waals surface area contributed by atoms with Crippen LogP contribution in [0.3, 0.4) is 0 Å². The van der Waals surface area contributed by atoms with Gasteiger partial charge in [-0.3, -0.25) is 0 Å². The van der Waals surface area contributed by atoms with Gasteiger partial charge < -0.3 is 4.43 Å². The lowest BCUT2D eigenvalue weighted by Gasteiger charge is -2.29. The van der Waals surface area contributed by atoms with Crippen LogP contribution >= 0.6 is 0 Å². The molecule has 0 spiro atoms. The number of allylic oxidation sites excluding steroid dienone is 2. The molecule has 0 saturated carbocycles. The van der Waals surface area contributed by atoms with Crippen molar-refractivity contribution in [3.8, 4) is 0 Å². The molecule has 2 rings (SSSR count). The lowest BCUT2D eigenvalue weighted by molar-refractivity contribution is 0.403. The van der Waals surface area contributed by atoms with Gasteiger partial charge in [-0.05, 0) is 30.5 Å². The normalized spacial score (nSPS) is 16.6. The summed E-state index contributed by atoms with van der Waals surface area (Å²) in [5, 5.41) is 1.44. The van der Waals surface area contributed by atoms with Crippen molar-refractivity contribution in [3.63, 3.8) is 0 Å². The SMILES string of the molecule is C[Si](C)(C)[Si](OC1=CCCCC1)c1ccccc1. The molecule has 1 aromatic carbocycles. The van der Waals surface area contributed by atoms with Crippen LogP contribution in [-0.2, 0) is 4.43 Å². The summed E-state index contributed by atoms with van der Waals surface area (Å²) in [5.74, 6) is 1.27. The molecule has 0 heterocycles. The average Bonchev–Trinajstić information content (AvgIpc) is 2.37. The van der Waals surface area contributed by atoms with E-state index in [2.05, 4.69) is 56.0 Å². The van der Waals surface area contributed by atoms with Gasteiger partial charge in [-0.15, -0.1) is 0 Å². The first-order valence-corrected chi connectivity index (χ1v) is 12.8. The lowest BCUT2D eigenvalue weighted by Crippen LogP contribution is -2.53. The summed E-state index contributed by atoms with van der Waals surface area (Å²) in [4.78, 5) is 0. The monoisotopic (exact) mass is 275 g/mol. The molecule has 0 fully saturated rings. The van der Waals surface area contributed by atoms with Crippen LogP contribution in [-0.4, -0.2) is 16.1 Å². The second-order valence-corrected chi connectivity index (χ2v) is 17.8. The third kappa shape index (κ3) is 3.59. The number of benzene rings is 1. The Morgan fingerprint density at radius 1 is 1.06 bits per heavy atom. The van der Waals surface area contributed by atoms with Crippen LogP contribution in [0.15, 0.2) is 42.2 Å². The zero-order valence-electron chi connectivity index (χ0n) is 11.7. The largest absolute Gasteiger partial charge is 0.544 e. The van der Waals surface area contributed by atoms with Gasteiger partial charge in [0, 0.05) is 6.42 Å². The van der Waals surface area contributed by atoms with Gasteiger partial charge in [0.05, 0.1) is 13.4 Å². The van der Waals surface area contributed by atoms with E-state index in [1.54, 1.807) is 0 Å². The van der Waals surface area contributed by atoms with Crippen molar-refractivity contribution in [3.05, 3.63) is 42.2 Å². The topological polar surface area (TPSA) is 9.23 Å². The standard InChI is InChI=1S/C15H23OSi2/c1-18(2,3)17(15-12-8-5-9-13-15)16-14-10-6-4-7-11-14/h5,8-10,12-13H,4,6-7,11H2,1-3H3. The zero-order valence-corrected chi connectivity index (χ0v) is 13.7. The number of hydrogen-bond acceptors (Lipinski definition) is 1. The van der Waals surface area contributed by atoms with Gasteiger partial charge in [0.2, 0.25) is 0 Å². The lowest BCUT2D eigenvalue weighted by atomic mass is 10.1. The minimum absolute atomic E-state index is 0.866. The molecule has 1 aromatic rings. The van der Waals surface area contributed by atoms with Gasteiger partial charge in [0.1, 0.15) is 0 Å². The Morgan fingerprint density at radius 3 is 2.33 bits per heavy atom. The maximum absolute atomic E-state index is 6.47. The molecule has 0 amide bonds. The summed E-state index contributed by atoms with van der Waals surface area (Å²) in [6.07, 6.45) is 7.28. The van der Waals surface area contributed by atoms with Gasteiger partial charge in [0.15, 0.2) is 0 Å². The highest BCUT2D eigenvalue weighted by molar-refractivity contribution is 7.34. The third-order valence-electron chi connectivity index (χ3n) is 3.20. The molecule has 0 bridgehead atoms. The molecule has 18 heavy (non-hydrogen) atoms. The predicted octanol–water partition coefficient (Wildman–Crippen LogP) is 3.78. The quantitative estimate of drug-likeness (QED) is 0.760. The van der Waals surface area contributed by atoms with Gasteiger partial charge in [-0.1, -0.05) is 50.0 Å². The van der Waals surface area contributed by atoms with Crippen LogP contribution in [0.2, 0.25) is 19.6 Å². The van der Waals surface area contributed by atoms with Crippen molar-refractivity contribution in [2.75, 3.05) is 0 Å². The number of rotatable bonds is 4. The van der Waals surface area contributed by atoms with E-state index in [4.69, 9.17) is 4.43 Å². The molecule has 1 nitrogen and oxygen atoms in total. The summed E-state index contributed by atoms with van der Waals surface area (Å²) >= 11 is 0. The molecule has 1 aliphatic carbocycles. The predicted molar refractivity (Wildman–Crippen MR) is 82.8 cm³/mol. The van der Waals surface area contributed by atoms with E-state index in [1.807, 2.05) is 0 Å². The fraction of sp³-hybridized carbons (Fsp3) is 0.467. The van der Waals surface area contributed by atoms with Crippen molar-refractivity contribution in [1.29, 1.82) is 0 Å². The fourth-order valence-corrected chi connectivity index (χ4v) is 8.91. The van der Waals surface area contributed by atoms with Gasteiger partial charge in [-0.2, -0.15) is 0 Å². The molecular weight excluding hydrogens is 252 g/mol.